The third-order valence-corrected chi connectivity index (χ3v) is 7.41. The molecular weight excluding hydrogens is 534 g/mol. The second-order valence-corrected chi connectivity index (χ2v) is 10.7. The Labute approximate surface area is 235 Å². The molecule has 2 N–H and O–H groups in total. The van der Waals surface area contributed by atoms with E-state index in [1.165, 1.54) is 12.4 Å². The number of anilines is 1. The molecule has 12 heteroatoms. The largest absolute Gasteiger partial charge is 0.434 e. The van der Waals surface area contributed by atoms with Gasteiger partial charge in [-0.2, -0.15) is 0 Å². The highest BCUT2D eigenvalue weighted by atomic mass is 19.1. The monoisotopic (exact) mass is 564 g/mol. The van der Waals surface area contributed by atoms with Gasteiger partial charge in [-0.3, -0.25) is 19.3 Å². The molecule has 2 aliphatic rings. The number of nitrogens with zero attached hydrogens (tertiary/aromatic N) is 4. The molecule has 3 amide bonds. The minimum atomic E-state index is -0.877. The summed E-state index contributed by atoms with van der Waals surface area (Å²) in [7, 11) is 0. The molecule has 214 valence electrons. The minimum absolute atomic E-state index is 0.0234. The molecule has 10 nitrogen and oxygen atoms in total. The third-order valence-electron chi connectivity index (χ3n) is 7.41. The Kier molecular flexibility index (Phi) is 7.68. The van der Waals surface area contributed by atoms with Crippen LogP contribution < -0.4 is 15.4 Å². The van der Waals surface area contributed by atoms with Crippen LogP contribution >= 0.6 is 0 Å². The molecule has 2 aliphatic heterocycles. The number of halogens is 2. The van der Waals surface area contributed by atoms with Crippen LogP contribution in [0.4, 0.5) is 14.6 Å². The molecule has 0 spiro atoms. The summed E-state index contributed by atoms with van der Waals surface area (Å²) in [5.41, 5.74) is 0.876. The van der Waals surface area contributed by atoms with E-state index < -0.39 is 23.2 Å². The van der Waals surface area contributed by atoms with Crippen LogP contribution in [0.2, 0.25) is 0 Å². The van der Waals surface area contributed by atoms with Crippen molar-refractivity contribution in [3.63, 3.8) is 0 Å². The van der Waals surface area contributed by atoms with Crippen LogP contribution in [0.15, 0.2) is 54.9 Å². The smallest absolute Gasteiger partial charge is 0.252 e. The fourth-order valence-corrected chi connectivity index (χ4v) is 5.25. The highest BCUT2D eigenvalue weighted by Gasteiger charge is 2.41. The summed E-state index contributed by atoms with van der Waals surface area (Å²) < 4.78 is 32.2. The zero-order chi connectivity index (χ0) is 29.3. The summed E-state index contributed by atoms with van der Waals surface area (Å²) in [6, 6.07) is 9.29. The van der Waals surface area contributed by atoms with Crippen molar-refractivity contribution in [2.24, 2.45) is 0 Å². The summed E-state index contributed by atoms with van der Waals surface area (Å²) in [6.45, 7) is 7.06. The van der Waals surface area contributed by atoms with Crippen molar-refractivity contribution < 1.29 is 27.9 Å². The topological polar surface area (TPSA) is 117 Å². The number of hydrogen-bond acceptors (Lipinski definition) is 7. The SMILES string of the molecule is C[C@@H](C(=O)Nc1cnc(Oc2ccc(F)cc2F)cn1)N1CCN(C(=O)CC2NC(=O)c3ccccc32)C(C)(C)C1. The predicted octanol–water partition coefficient (Wildman–Crippen LogP) is 3.67. The summed E-state index contributed by atoms with van der Waals surface area (Å²) in [5.74, 6) is -2.19. The summed E-state index contributed by atoms with van der Waals surface area (Å²) in [5, 5.41) is 5.62. The number of nitrogens with one attached hydrogen (secondary N) is 2. The van der Waals surface area contributed by atoms with Gasteiger partial charge in [0.2, 0.25) is 17.7 Å². The highest BCUT2D eigenvalue weighted by Crippen LogP contribution is 2.31. The van der Waals surface area contributed by atoms with E-state index in [0.29, 0.717) is 31.3 Å². The second-order valence-electron chi connectivity index (χ2n) is 10.7. The first-order valence-corrected chi connectivity index (χ1v) is 13.2. The number of rotatable bonds is 7. The number of benzene rings is 2. The standard InChI is InChI=1S/C29H30F2N6O4/c1-17(27(39)35-24-14-33-25(15-32-24)41-23-9-8-18(30)12-21(23)31)36-10-11-37(29(2,3)16-36)26(38)13-22-19-6-4-5-7-20(19)28(40)34-22/h4-9,12,14-15,17,22H,10-11,13,16H2,1-3H3,(H,34,40)(H,32,35,39)/t17-,22?/m0/s1. The van der Waals surface area contributed by atoms with Crippen LogP contribution in [0.1, 0.15) is 49.2 Å². The van der Waals surface area contributed by atoms with Crippen LogP contribution in [-0.2, 0) is 9.59 Å². The van der Waals surface area contributed by atoms with Gasteiger partial charge >= 0.3 is 0 Å². The summed E-state index contributed by atoms with van der Waals surface area (Å²) in [6.07, 6.45) is 2.66. The van der Waals surface area contributed by atoms with E-state index in [2.05, 4.69) is 20.6 Å². The predicted molar refractivity (Wildman–Crippen MR) is 145 cm³/mol. The Morgan fingerprint density at radius 2 is 1.93 bits per heavy atom. The lowest BCUT2D eigenvalue weighted by Crippen LogP contribution is -2.63. The molecule has 1 unspecified atom stereocenters. The molecule has 0 saturated carbocycles. The normalized spacial score (nSPS) is 18.8. The first kappa shape index (κ1) is 28.1. The van der Waals surface area contributed by atoms with Crippen molar-refractivity contribution in [2.45, 2.75) is 44.8 Å². The van der Waals surface area contributed by atoms with Gasteiger partial charge in [0.1, 0.15) is 5.82 Å². The molecule has 0 radical (unpaired) electrons. The van der Waals surface area contributed by atoms with Crippen molar-refractivity contribution in [3.05, 3.63) is 77.6 Å². The van der Waals surface area contributed by atoms with Crippen molar-refractivity contribution in [1.29, 1.82) is 0 Å². The van der Waals surface area contributed by atoms with Gasteiger partial charge in [0.05, 0.1) is 30.9 Å². The van der Waals surface area contributed by atoms with Crippen molar-refractivity contribution in [1.82, 2.24) is 25.1 Å². The quantitative estimate of drug-likeness (QED) is 0.450. The summed E-state index contributed by atoms with van der Waals surface area (Å²) in [4.78, 5) is 50.6. The molecule has 5 rings (SSSR count). The molecule has 2 atom stereocenters. The van der Waals surface area contributed by atoms with Crippen LogP contribution in [-0.4, -0.2) is 68.7 Å². The Balaban J connectivity index is 1.16. The molecule has 0 aliphatic carbocycles. The first-order valence-electron chi connectivity index (χ1n) is 13.2. The van der Waals surface area contributed by atoms with E-state index in [0.717, 1.165) is 17.7 Å². The van der Waals surface area contributed by atoms with Gasteiger partial charge in [0, 0.05) is 36.8 Å². The Bertz CT molecular complexity index is 1480. The average molecular weight is 565 g/mol. The van der Waals surface area contributed by atoms with Gasteiger partial charge in [0.15, 0.2) is 17.4 Å². The Morgan fingerprint density at radius 1 is 1.15 bits per heavy atom. The number of aromatic nitrogens is 2. The highest BCUT2D eigenvalue weighted by molar-refractivity contribution is 5.99. The molecule has 41 heavy (non-hydrogen) atoms. The second kappa shape index (κ2) is 11.2. The summed E-state index contributed by atoms with van der Waals surface area (Å²) >= 11 is 0. The van der Waals surface area contributed by atoms with Crippen molar-refractivity contribution in [3.8, 4) is 11.6 Å². The molecule has 0 bridgehead atoms. The molecule has 1 fully saturated rings. The van der Waals surface area contributed by atoms with Crippen molar-refractivity contribution >= 4 is 23.5 Å². The van der Waals surface area contributed by atoms with Crippen LogP contribution in [0.5, 0.6) is 11.6 Å². The molecule has 3 heterocycles. The fraction of sp³-hybridized carbons (Fsp3) is 0.345. The van der Waals surface area contributed by atoms with Crippen LogP contribution in [0, 0.1) is 11.6 Å². The molecule has 2 aromatic carbocycles. The molecular formula is C29H30F2N6O4. The third kappa shape index (κ3) is 6.02. The zero-order valence-electron chi connectivity index (χ0n) is 22.9. The maximum Gasteiger partial charge on any atom is 0.252 e. The van der Waals surface area contributed by atoms with Crippen LogP contribution in [0.3, 0.4) is 0 Å². The van der Waals surface area contributed by atoms with Gasteiger partial charge in [-0.1, -0.05) is 18.2 Å². The fourth-order valence-electron chi connectivity index (χ4n) is 5.25. The van der Waals surface area contributed by atoms with E-state index in [4.69, 9.17) is 4.74 Å². The molecule has 1 saturated heterocycles. The number of amides is 3. The number of fused-ring (bicyclic) bond motifs is 1. The van der Waals surface area contributed by atoms with E-state index >= 15 is 0 Å². The lowest BCUT2D eigenvalue weighted by atomic mass is 9.95. The van der Waals surface area contributed by atoms with Gasteiger partial charge in [-0.15, -0.1) is 0 Å². The number of hydrogen-bond donors (Lipinski definition) is 2. The van der Waals surface area contributed by atoms with Crippen molar-refractivity contribution in [2.75, 3.05) is 25.0 Å². The Morgan fingerprint density at radius 3 is 2.63 bits per heavy atom. The number of ether oxygens (including phenoxy) is 1. The van der Waals surface area contributed by atoms with Gasteiger partial charge in [0.25, 0.3) is 5.91 Å². The van der Waals surface area contributed by atoms with E-state index in [1.807, 2.05) is 35.8 Å². The van der Waals surface area contributed by atoms with Gasteiger partial charge < -0.3 is 20.3 Å². The lowest BCUT2D eigenvalue weighted by Gasteiger charge is -2.48. The zero-order valence-corrected chi connectivity index (χ0v) is 22.9. The molecule has 1 aromatic heterocycles. The van der Waals surface area contributed by atoms with Gasteiger partial charge in [-0.05, 0) is 44.5 Å². The number of carbonyl (C=O) groups excluding carboxylic acids is 3. The molecule has 3 aromatic rings. The number of piperazine rings is 1. The first-order chi connectivity index (χ1) is 19.5. The van der Waals surface area contributed by atoms with Crippen LogP contribution in [0.25, 0.3) is 0 Å². The number of carbonyl (C=O) groups is 3. The Hall–Kier alpha value is -4.45. The van der Waals surface area contributed by atoms with E-state index in [-0.39, 0.29) is 47.6 Å². The average Bonchev–Trinajstić information content (AvgIpc) is 3.25. The van der Waals surface area contributed by atoms with E-state index in [9.17, 15) is 23.2 Å². The lowest BCUT2D eigenvalue weighted by molar-refractivity contribution is -0.142. The minimum Gasteiger partial charge on any atom is -0.434 e. The van der Waals surface area contributed by atoms with Gasteiger partial charge in [-0.25, -0.2) is 18.7 Å². The van der Waals surface area contributed by atoms with E-state index in [1.54, 1.807) is 19.1 Å². The maximum atomic E-state index is 13.8. The maximum absolute atomic E-state index is 13.8.